The number of hydrogen-bond acceptors (Lipinski definition) is 6. The maximum Gasteiger partial charge on any atom is 0.251 e. The maximum absolute atomic E-state index is 12.5. The minimum absolute atomic E-state index is 0.146. The Kier molecular flexibility index (Phi) is 8.73. The minimum atomic E-state index is -3.21. The van der Waals surface area contributed by atoms with Crippen molar-refractivity contribution in [3.8, 4) is 11.5 Å². The normalized spacial score (nSPS) is 16.0. The third-order valence-electron chi connectivity index (χ3n) is 5.22. The molecule has 0 saturated carbocycles. The van der Waals surface area contributed by atoms with Crippen molar-refractivity contribution in [2.45, 2.75) is 31.9 Å². The molecule has 0 aliphatic carbocycles. The fraction of sp³-hybridized carbons (Fsp3) is 0.650. The summed E-state index contributed by atoms with van der Waals surface area (Å²) in [6, 6.07) is 5.12. The van der Waals surface area contributed by atoms with Crippen LogP contribution in [0.25, 0.3) is 0 Å². The number of benzene rings is 1. The molecular weight excluding hydrogens is 394 g/mol. The van der Waals surface area contributed by atoms with Gasteiger partial charge < -0.3 is 19.7 Å². The van der Waals surface area contributed by atoms with E-state index in [2.05, 4.69) is 14.9 Å². The van der Waals surface area contributed by atoms with Crippen LogP contribution >= 0.6 is 0 Å². The van der Waals surface area contributed by atoms with Gasteiger partial charge in [-0.2, -0.15) is 0 Å². The number of carbonyl (C=O) groups is 1. The third kappa shape index (κ3) is 7.17. The van der Waals surface area contributed by atoms with Gasteiger partial charge in [-0.3, -0.25) is 4.79 Å². The second kappa shape index (κ2) is 10.8. The van der Waals surface area contributed by atoms with E-state index in [4.69, 9.17) is 9.47 Å². The Morgan fingerprint density at radius 2 is 1.72 bits per heavy atom. The molecule has 1 aliphatic heterocycles. The summed E-state index contributed by atoms with van der Waals surface area (Å²) in [7, 11) is -0.0993. The summed E-state index contributed by atoms with van der Waals surface area (Å²) < 4.78 is 36.6. The lowest BCUT2D eigenvalue weighted by molar-refractivity contribution is 0.0936. The van der Waals surface area contributed by atoms with Crippen LogP contribution in [0.2, 0.25) is 0 Å². The van der Waals surface area contributed by atoms with Gasteiger partial charge in [0, 0.05) is 31.3 Å². The number of nitrogens with zero attached hydrogens (tertiary/aromatic N) is 1. The smallest absolute Gasteiger partial charge is 0.251 e. The molecule has 0 spiro atoms. The highest BCUT2D eigenvalue weighted by Crippen LogP contribution is 2.22. The van der Waals surface area contributed by atoms with Gasteiger partial charge in [-0.1, -0.05) is 0 Å². The number of rotatable bonds is 10. The summed E-state index contributed by atoms with van der Waals surface area (Å²) in [6.45, 7) is 6.89. The van der Waals surface area contributed by atoms with Crippen LogP contribution in [-0.4, -0.2) is 71.4 Å². The number of hydrogen-bond donors (Lipinski definition) is 2. The zero-order valence-corrected chi connectivity index (χ0v) is 18.5. The largest absolute Gasteiger partial charge is 0.497 e. The molecular formula is C20H33N3O5S. The molecule has 2 rings (SSSR count). The molecule has 1 amide bonds. The van der Waals surface area contributed by atoms with E-state index in [0.717, 1.165) is 25.9 Å². The van der Waals surface area contributed by atoms with E-state index < -0.39 is 15.3 Å². The average molecular weight is 428 g/mol. The van der Waals surface area contributed by atoms with Crippen LogP contribution in [-0.2, 0) is 10.0 Å². The Bertz CT molecular complexity index is 752. The topological polar surface area (TPSA) is 97.0 Å². The van der Waals surface area contributed by atoms with Crippen molar-refractivity contribution in [2.24, 2.45) is 5.92 Å². The van der Waals surface area contributed by atoms with Crippen LogP contribution in [0.3, 0.4) is 0 Å². The monoisotopic (exact) mass is 427 g/mol. The number of amides is 1. The fourth-order valence-corrected chi connectivity index (χ4v) is 3.91. The molecule has 164 valence electrons. The van der Waals surface area contributed by atoms with Gasteiger partial charge in [0.15, 0.2) is 0 Å². The first-order valence-corrected chi connectivity index (χ1v) is 11.5. The average Bonchev–Trinajstić information content (AvgIpc) is 2.72. The Morgan fingerprint density at radius 1 is 1.14 bits per heavy atom. The second-order valence-corrected chi connectivity index (χ2v) is 9.91. The molecule has 29 heavy (non-hydrogen) atoms. The predicted molar refractivity (Wildman–Crippen MR) is 113 cm³/mol. The van der Waals surface area contributed by atoms with Crippen molar-refractivity contribution < 1.29 is 22.7 Å². The van der Waals surface area contributed by atoms with Crippen LogP contribution in [0.1, 0.15) is 37.0 Å². The summed E-state index contributed by atoms with van der Waals surface area (Å²) >= 11 is 0. The van der Waals surface area contributed by atoms with Crippen molar-refractivity contribution in [3.05, 3.63) is 23.8 Å². The third-order valence-corrected chi connectivity index (χ3v) is 7.07. The van der Waals surface area contributed by atoms with Crippen LogP contribution in [0, 0.1) is 5.92 Å². The molecule has 0 radical (unpaired) electrons. The molecule has 8 nitrogen and oxygen atoms in total. The molecule has 0 bridgehead atoms. The van der Waals surface area contributed by atoms with Crippen LogP contribution in [0.4, 0.5) is 0 Å². The van der Waals surface area contributed by atoms with Gasteiger partial charge in [0.1, 0.15) is 11.5 Å². The summed E-state index contributed by atoms with van der Waals surface area (Å²) in [4.78, 5) is 14.7. The molecule has 0 unspecified atom stereocenters. The number of nitrogens with one attached hydrogen (secondary N) is 2. The molecule has 1 aromatic rings. The molecule has 2 N–H and O–H groups in total. The molecule has 1 saturated heterocycles. The number of methoxy groups -OCH3 is 2. The zero-order valence-electron chi connectivity index (χ0n) is 17.7. The lowest BCUT2D eigenvalue weighted by Gasteiger charge is -2.32. The lowest BCUT2D eigenvalue weighted by atomic mass is 9.96. The summed E-state index contributed by atoms with van der Waals surface area (Å²) in [5, 5.41) is 2.59. The van der Waals surface area contributed by atoms with Gasteiger partial charge in [0.05, 0.1) is 19.5 Å². The minimum Gasteiger partial charge on any atom is -0.497 e. The lowest BCUT2D eigenvalue weighted by Crippen LogP contribution is -2.42. The molecule has 9 heteroatoms. The van der Waals surface area contributed by atoms with Crippen molar-refractivity contribution in [2.75, 3.05) is 46.9 Å². The van der Waals surface area contributed by atoms with E-state index in [1.54, 1.807) is 46.3 Å². The summed E-state index contributed by atoms with van der Waals surface area (Å²) in [5.41, 5.74) is 0.510. The zero-order chi connectivity index (χ0) is 21.4. The highest BCUT2D eigenvalue weighted by Gasteiger charge is 2.21. The Balaban J connectivity index is 1.74. The van der Waals surface area contributed by atoms with Crippen LogP contribution in [0.15, 0.2) is 18.2 Å². The molecule has 1 heterocycles. The highest BCUT2D eigenvalue weighted by molar-refractivity contribution is 7.90. The quantitative estimate of drug-likeness (QED) is 0.587. The van der Waals surface area contributed by atoms with E-state index >= 15 is 0 Å². The molecule has 1 aliphatic rings. The van der Waals surface area contributed by atoms with E-state index in [0.29, 0.717) is 42.6 Å². The summed E-state index contributed by atoms with van der Waals surface area (Å²) in [6.07, 6.45) is 1.94. The molecule has 1 aromatic carbocycles. The molecule has 0 aromatic heterocycles. The van der Waals surface area contributed by atoms with Crippen LogP contribution in [0.5, 0.6) is 11.5 Å². The van der Waals surface area contributed by atoms with Crippen LogP contribution < -0.4 is 19.5 Å². The van der Waals surface area contributed by atoms with Gasteiger partial charge in [0.25, 0.3) is 5.91 Å². The first-order valence-electron chi connectivity index (χ1n) is 9.97. The number of likely N-dealkylation sites (tertiary alicyclic amines) is 1. The standard InChI is InChI=1S/C20H33N3O5S/c1-15(2)29(25,26)22-7-10-23-8-5-16(6-9-23)14-21-20(24)17-11-18(27-3)13-19(12-17)28-4/h11-13,15-16,22H,5-10,14H2,1-4H3,(H,21,24). The second-order valence-electron chi connectivity index (χ2n) is 7.58. The van der Waals surface area contributed by atoms with Gasteiger partial charge in [0.2, 0.25) is 10.0 Å². The van der Waals surface area contributed by atoms with Gasteiger partial charge >= 0.3 is 0 Å². The van der Waals surface area contributed by atoms with Crippen molar-refractivity contribution in [1.29, 1.82) is 0 Å². The molecule has 1 fully saturated rings. The fourth-order valence-electron chi connectivity index (χ4n) is 3.20. The highest BCUT2D eigenvalue weighted by atomic mass is 32.2. The maximum atomic E-state index is 12.5. The Hall–Kier alpha value is -1.84. The van der Waals surface area contributed by atoms with E-state index in [1.807, 2.05) is 0 Å². The number of ether oxygens (including phenoxy) is 2. The van der Waals surface area contributed by atoms with Gasteiger partial charge in [-0.25, -0.2) is 13.1 Å². The van der Waals surface area contributed by atoms with E-state index in [9.17, 15) is 13.2 Å². The molecule has 0 atom stereocenters. The number of carbonyl (C=O) groups excluding carboxylic acids is 1. The predicted octanol–water partition coefficient (Wildman–Crippen LogP) is 1.47. The number of sulfonamides is 1. The van der Waals surface area contributed by atoms with Crippen molar-refractivity contribution in [3.63, 3.8) is 0 Å². The van der Waals surface area contributed by atoms with Crippen molar-refractivity contribution in [1.82, 2.24) is 14.9 Å². The van der Waals surface area contributed by atoms with E-state index in [1.165, 1.54) is 0 Å². The Morgan fingerprint density at radius 3 is 2.24 bits per heavy atom. The Labute approximate surface area is 174 Å². The van der Waals surface area contributed by atoms with Gasteiger partial charge in [-0.15, -0.1) is 0 Å². The van der Waals surface area contributed by atoms with E-state index in [-0.39, 0.29) is 5.91 Å². The van der Waals surface area contributed by atoms with Gasteiger partial charge in [-0.05, 0) is 57.8 Å². The SMILES string of the molecule is COc1cc(OC)cc(C(=O)NCC2CCN(CCNS(=O)(=O)C(C)C)CC2)c1. The number of piperidine rings is 1. The van der Waals surface area contributed by atoms with Crippen molar-refractivity contribution >= 4 is 15.9 Å². The first kappa shape index (κ1) is 23.4. The first-order chi connectivity index (χ1) is 13.7. The summed E-state index contributed by atoms with van der Waals surface area (Å²) in [5.74, 6) is 1.43.